The quantitative estimate of drug-likeness (QED) is 0.637. The van der Waals surface area contributed by atoms with Gasteiger partial charge in [-0.3, -0.25) is 4.79 Å². The van der Waals surface area contributed by atoms with Crippen molar-refractivity contribution in [1.29, 1.82) is 5.26 Å². The summed E-state index contributed by atoms with van der Waals surface area (Å²) >= 11 is 0. The minimum atomic E-state index is -0.455. The molecular formula is C23H23N3O2. The first-order chi connectivity index (χ1) is 13.4. The van der Waals surface area contributed by atoms with Crippen molar-refractivity contribution in [2.75, 3.05) is 24.4 Å². The SMILES string of the molecule is COc1cccc(NC(=O)/C(C#N)=C/C=C2/N(C)c3ccccc3C2(C)C)c1. The van der Waals surface area contributed by atoms with Gasteiger partial charge in [0.25, 0.3) is 5.91 Å². The number of allylic oxidation sites excluding steroid dienone is 3. The maximum atomic E-state index is 12.5. The molecule has 0 aliphatic carbocycles. The van der Waals surface area contributed by atoms with Crippen LogP contribution in [-0.4, -0.2) is 20.1 Å². The van der Waals surface area contributed by atoms with Crippen LogP contribution in [0.5, 0.6) is 5.75 Å². The summed E-state index contributed by atoms with van der Waals surface area (Å²) in [7, 11) is 3.56. The molecule has 1 heterocycles. The molecule has 28 heavy (non-hydrogen) atoms. The molecule has 0 unspecified atom stereocenters. The molecule has 142 valence electrons. The highest BCUT2D eigenvalue weighted by molar-refractivity contribution is 6.06. The Hall–Kier alpha value is -3.52. The normalized spacial score (nSPS) is 16.5. The third-order valence-electron chi connectivity index (χ3n) is 5.04. The predicted molar refractivity (Wildman–Crippen MR) is 111 cm³/mol. The van der Waals surface area contributed by atoms with Crippen LogP contribution < -0.4 is 15.0 Å². The van der Waals surface area contributed by atoms with Crippen LogP contribution >= 0.6 is 0 Å². The van der Waals surface area contributed by atoms with Gasteiger partial charge in [0.05, 0.1) is 7.11 Å². The molecule has 0 bridgehead atoms. The second-order valence-electron chi connectivity index (χ2n) is 7.13. The van der Waals surface area contributed by atoms with Crippen molar-refractivity contribution in [1.82, 2.24) is 0 Å². The third-order valence-corrected chi connectivity index (χ3v) is 5.04. The second kappa shape index (κ2) is 7.61. The van der Waals surface area contributed by atoms with Crippen molar-refractivity contribution in [3.63, 3.8) is 0 Å². The summed E-state index contributed by atoms with van der Waals surface area (Å²) in [5.74, 6) is 0.179. The lowest BCUT2D eigenvalue weighted by atomic mass is 9.83. The minimum absolute atomic E-state index is 0.0375. The Balaban J connectivity index is 1.87. The van der Waals surface area contributed by atoms with Gasteiger partial charge in [-0.05, 0) is 35.9 Å². The molecule has 2 aromatic rings. The van der Waals surface area contributed by atoms with Gasteiger partial charge in [-0.1, -0.05) is 38.1 Å². The van der Waals surface area contributed by atoms with E-state index in [-0.39, 0.29) is 11.0 Å². The smallest absolute Gasteiger partial charge is 0.266 e. The molecule has 0 radical (unpaired) electrons. The highest BCUT2D eigenvalue weighted by Crippen LogP contribution is 2.46. The molecule has 3 rings (SSSR count). The first kappa shape index (κ1) is 19.2. The van der Waals surface area contributed by atoms with Crippen molar-refractivity contribution >= 4 is 17.3 Å². The zero-order valence-electron chi connectivity index (χ0n) is 16.5. The van der Waals surface area contributed by atoms with Crippen molar-refractivity contribution < 1.29 is 9.53 Å². The lowest BCUT2D eigenvalue weighted by Gasteiger charge is -2.23. The fraction of sp³-hybridized carbons (Fsp3) is 0.217. The molecule has 1 aliphatic heterocycles. The summed E-state index contributed by atoms with van der Waals surface area (Å²) in [5.41, 5.74) is 3.77. The molecule has 1 amide bonds. The number of nitriles is 1. The molecule has 0 saturated carbocycles. The number of nitrogens with one attached hydrogen (secondary N) is 1. The summed E-state index contributed by atoms with van der Waals surface area (Å²) in [5, 5.41) is 12.2. The Kier molecular flexibility index (Phi) is 5.23. The minimum Gasteiger partial charge on any atom is -0.497 e. The first-order valence-corrected chi connectivity index (χ1v) is 8.99. The highest BCUT2D eigenvalue weighted by atomic mass is 16.5. The van der Waals surface area contributed by atoms with Crippen LogP contribution in [0, 0.1) is 11.3 Å². The molecule has 0 aromatic heterocycles. The number of carbonyl (C=O) groups excluding carboxylic acids is 1. The molecule has 1 N–H and O–H groups in total. The molecule has 1 aliphatic rings. The maximum absolute atomic E-state index is 12.5. The Morgan fingerprint density at radius 2 is 1.96 bits per heavy atom. The lowest BCUT2D eigenvalue weighted by Crippen LogP contribution is -2.22. The van der Waals surface area contributed by atoms with Gasteiger partial charge >= 0.3 is 0 Å². The Bertz CT molecular complexity index is 1010. The average Bonchev–Trinajstić information content (AvgIpc) is 2.89. The summed E-state index contributed by atoms with van der Waals surface area (Å²) in [4.78, 5) is 14.6. The van der Waals surface area contributed by atoms with E-state index < -0.39 is 5.91 Å². The summed E-state index contributed by atoms with van der Waals surface area (Å²) in [6.07, 6.45) is 3.43. The van der Waals surface area contributed by atoms with Gasteiger partial charge in [0.15, 0.2) is 0 Å². The van der Waals surface area contributed by atoms with Crippen molar-refractivity contribution in [3.05, 3.63) is 77.5 Å². The number of likely N-dealkylation sites (N-methyl/N-ethyl adjacent to an activating group) is 1. The number of hydrogen-bond donors (Lipinski definition) is 1. The van der Waals surface area contributed by atoms with Gasteiger partial charge in [-0.25, -0.2) is 0 Å². The van der Waals surface area contributed by atoms with E-state index >= 15 is 0 Å². The van der Waals surface area contributed by atoms with Crippen LogP contribution in [0.15, 0.2) is 72.0 Å². The summed E-state index contributed by atoms with van der Waals surface area (Å²) < 4.78 is 5.16. The molecule has 0 atom stereocenters. The predicted octanol–water partition coefficient (Wildman–Crippen LogP) is 4.40. The second-order valence-corrected chi connectivity index (χ2v) is 7.13. The fourth-order valence-corrected chi connectivity index (χ4v) is 3.53. The number of fused-ring (bicyclic) bond motifs is 1. The number of anilines is 2. The average molecular weight is 373 g/mol. The number of amides is 1. The number of rotatable bonds is 4. The molecule has 5 heteroatoms. The summed E-state index contributed by atoms with van der Waals surface area (Å²) in [6, 6.07) is 17.2. The highest BCUT2D eigenvalue weighted by Gasteiger charge is 2.37. The number of hydrogen-bond acceptors (Lipinski definition) is 4. The first-order valence-electron chi connectivity index (χ1n) is 8.99. The van der Waals surface area contributed by atoms with Crippen LogP contribution in [0.4, 0.5) is 11.4 Å². The molecular weight excluding hydrogens is 350 g/mol. The van der Waals surface area contributed by atoms with E-state index in [4.69, 9.17) is 4.74 Å². The molecule has 2 aromatic carbocycles. The Labute approximate surface area is 165 Å². The maximum Gasteiger partial charge on any atom is 0.266 e. The topological polar surface area (TPSA) is 65.4 Å². The summed E-state index contributed by atoms with van der Waals surface area (Å²) in [6.45, 7) is 4.27. The Morgan fingerprint density at radius 3 is 2.64 bits per heavy atom. The largest absolute Gasteiger partial charge is 0.497 e. The van der Waals surface area contributed by atoms with Crippen molar-refractivity contribution in [3.8, 4) is 11.8 Å². The lowest BCUT2D eigenvalue weighted by molar-refractivity contribution is -0.112. The van der Waals surface area contributed by atoms with Gasteiger partial charge in [0, 0.05) is 35.6 Å². The van der Waals surface area contributed by atoms with Crippen LogP contribution in [0.2, 0.25) is 0 Å². The standard InChI is InChI=1S/C23H23N3O2/c1-23(2)19-10-5-6-11-20(19)26(3)21(23)13-12-16(15-24)22(27)25-17-8-7-9-18(14-17)28-4/h5-14H,1-4H3,(H,25,27)/b16-12+,21-13+. The zero-order valence-corrected chi connectivity index (χ0v) is 16.5. The van der Waals surface area contributed by atoms with Gasteiger partial charge in [0.1, 0.15) is 17.4 Å². The van der Waals surface area contributed by atoms with Gasteiger partial charge in [0.2, 0.25) is 0 Å². The van der Waals surface area contributed by atoms with Gasteiger partial charge in [-0.15, -0.1) is 0 Å². The molecule has 0 fully saturated rings. The number of carbonyl (C=O) groups is 1. The van der Waals surface area contributed by atoms with E-state index in [2.05, 4.69) is 36.2 Å². The number of benzene rings is 2. The van der Waals surface area contributed by atoms with E-state index in [1.165, 1.54) is 5.56 Å². The van der Waals surface area contributed by atoms with Crippen LogP contribution in [0.3, 0.4) is 0 Å². The third kappa shape index (κ3) is 3.49. The van der Waals surface area contributed by atoms with Gasteiger partial charge in [-0.2, -0.15) is 5.26 Å². The fourth-order valence-electron chi connectivity index (χ4n) is 3.53. The van der Waals surface area contributed by atoms with Crippen molar-refractivity contribution in [2.24, 2.45) is 0 Å². The van der Waals surface area contributed by atoms with Crippen LogP contribution in [0.1, 0.15) is 19.4 Å². The van der Waals surface area contributed by atoms with E-state index in [0.29, 0.717) is 11.4 Å². The van der Waals surface area contributed by atoms with Gasteiger partial charge < -0.3 is 15.0 Å². The number of nitrogens with zero attached hydrogens (tertiary/aromatic N) is 2. The monoisotopic (exact) mass is 373 g/mol. The van der Waals surface area contributed by atoms with E-state index in [0.717, 1.165) is 11.4 Å². The Morgan fingerprint density at radius 1 is 1.21 bits per heavy atom. The number of para-hydroxylation sites is 1. The zero-order chi connectivity index (χ0) is 20.3. The van der Waals surface area contributed by atoms with E-state index in [1.54, 1.807) is 37.5 Å². The molecule has 0 saturated heterocycles. The van der Waals surface area contributed by atoms with Crippen molar-refractivity contribution in [2.45, 2.75) is 19.3 Å². The molecule has 5 nitrogen and oxygen atoms in total. The number of ether oxygens (including phenoxy) is 1. The van der Waals surface area contributed by atoms with Crippen LogP contribution in [-0.2, 0) is 10.2 Å². The van der Waals surface area contributed by atoms with E-state index in [1.807, 2.05) is 31.3 Å². The number of methoxy groups -OCH3 is 1. The van der Waals surface area contributed by atoms with Crippen LogP contribution in [0.25, 0.3) is 0 Å². The van der Waals surface area contributed by atoms with E-state index in [9.17, 15) is 10.1 Å². The molecule has 0 spiro atoms.